The van der Waals surface area contributed by atoms with Crippen molar-refractivity contribution in [1.29, 1.82) is 0 Å². The van der Waals surface area contributed by atoms with Gasteiger partial charge in [0.2, 0.25) is 5.91 Å². The summed E-state index contributed by atoms with van der Waals surface area (Å²) in [6.45, 7) is 17.6. The van der Waals surface area contributed by atoms with Crippen molar-refractivity contribution in [3.8, 4) is 0 Å². The van der Waals surface area contributed by atoms with E-state index in [4.69, 9.17) is 19.9 Å². The first-order chi connectivity index (χ1) is 23.1. The lowest BCUT2D eigenvalue weighted by Crippen LogP contribution is -2.70. The molecule has 2 saturated heterocycles. The van der Waals surface area contributed by atoms with E-state index in [1.807, 2.05) is 6.92 Å². The molecule has 0 aromatic heterocycles. The summed E-state index contributed by atoms with van der Waals surface area (Å²) in [5.41, 5.74) is 6.65. The SMILES string of the molecule is CCC1C(OC(C)C(OC(=O)N2CCC2)C(C)C)C(O)C2(N)C3CCC4C(C)(C)C(OC(=O)N5CCNC(=O)C5)CCC45CC35CCC12C. The maximum absolute atomic E-state index is 13.2. The van der Waals surface area contributed by atoms with Gasteiger partial charge in [0.1, 0.15) is 18.8 Å². The molecule has 7 rings (SSSR count). The smallest absolute Gasteiger partial charge is 0.410 e. The van der Waals surface area contributed by atoms with E-state index in [1.54, 1.807) is 4.90 Å². The average Bonchev–Trinajstić information content (AvgIpc) is 3.65. The fourth-order valence-corrected chi connectivity index (χ4v) is 13.0. The van der Waals surface area contributed by atoms with E-state index in [-0.39, 0.29) is 76.3 Å². The fourth-order valence-electron chi connectivity index (χ4n) is 13.0. The molecule has 5 aliphatic carbocycles. The first-order valence-electron chi connectivity index (χ1n) is 19.4. The van der Waals surface area contributed by atoms with E-state index in [1.165, 1.54) is 4.90 Å². The second-order valence-corrected chi connectivity index (χ2v) is 18.2. The van der Waals surface area contributed by atoms with Gasteiger partial charge in [-0.2, -0.15) is 0 Å². The largest absolute Gasteiger partial charge is 0.446 e. The van der Waals surface area contributed by atoms with Gasteiger partial charge >= 0.3 is 12.2 Å². The molecule has 11 nitrogen and oxygen atoms in total. The Labute approximate surface area is 292 Å². The molecule has 0 aromatic rings. The highest BCUT2D eigenvalue weighted by atomic mass is 16.6. The molecule has 7 fully saturated rings. The van der Waals surface area contributed by atoms with Crippen molar-refractivity contribution in [2.45, 2.75) is 142 Å². The third kappa shape index (κ3) is 4.93. The van der Waals surface area contributed by atoms with Gasteiger partial charge in [-0.3, -0.25) is 9.69 Å². The molecule has 276 valence electrons. The van der Waals surface area contributed by atoms with Crippen molar-refractivity contribution in [1.82, 2.24) is 15.1 Å². The van der Waals surface area contributed by atoms with Gasteiger partial charge < -0.3 is 35.3 Å². The zero-order valence-corrected chi connectivity index (χ0v) is 31.0. The second kappa shape index (κ2) is 12.0. The highest BCUT2D eigenvalue weighted by molar-refractivity contribution is 5.83. The molecule has 3 amide bonds. The van der Waals surface area contributed by atoms with Gasteiger partial charge in [-0.1, -0.05) is 48.0 Å². The van der Waals surface area contributed by atoms with Gasteiger partial charge in [-0.25, -0.2) is 9.59 Å². The molecule has 49 heavy (non-hydrogen) atoms. The third-order valence-corrected chi connectivity index (χ3v) is 15.7. The summed E-state index contributed by atoms with van der Waals surface area (Å²) < 4.78 is 19.1. The number of carbonyl (C=O) groups excluding carboxylic acids is 3. The molecule has 7 aliphatic rings. The molecule has 0 bridgehead atoms. The number of nitrogens with two attached hydrogens (primary N) is 1. The Morgan fingerprint density at radius 3 is 2.31 bits per heavy atom. The quantitative estimate of drug-likeness (QED) is 0.350. The molecule has 4 N–H and O–H groups in total. The minimum Gasteiger partial charge on any atom is -0.446 e. The summed E-state index contributed by atoms with van der Waals surface area (Å²) in [4.78, 5) is 41.2. The van der Waals surface area contributed by atoms with Crippen LogP contribution in [0.5, 0.6) is 0 Å². The Morgan fingerprint density at radius 2 is 1.67 bits per heavy atom. The molecule has 2 aliphatic heterocycles. The van der Waals surface area contributed by atoms with Crippen LogP contribution in [0.25, 0.3) is 0 Å². The van der Waals surface area contributed by atoms with Crippen molar-refractivity contribution < 1.29 is 33.7 Å². The maximum atomic E-state index is 13.2. The van der Waals surface area contributed by atoms with Crippen molar-refractivity contribution in [2.75, 3.05) is 32.7 Å². The van der Waals surface area contributed by atoms with E-state index >= 15 is 0 Å². The lowest BCUT2D eigenvalue weighted by Gasteiger charge is -2.63. The van der Waals surface area contributed by atoms with E-state index in [9.17, 15) is 19.5 Å². The highest BCUT2D eigenvalue weighted by Crippen LogP contribution is 2.87. The Bertz CT molecular complexity index is 1340. The summed E-state index contributed by atoms with van der Waals surface area (Å²) in [6, 6.07) is 0. The molecular formula is C38H62N4O7. The van der Waals surface area contributed by atoms with E-state index in [2.05, 4.69) is 46.9 Å². The molecule has 12 atom stereocenters. The normalized spacial score (nSPS) is 44.7. The van der Waals surface area contributed by atoms with Crippen LogP contribution in [0.3, 0.4) is 0 Å². The van der Waals surface area contributed by atoms with Crippen LogP contribution in [0.2, 0.25) is 0 Å². The number of hydrogen-bond donors (Lipinski definition) is 3. The minimum absolute atomic E-state index is 0.0495. The van der Waals surface area contributed by atoms with Gasteiger partial charge in [-0.05, 0) is 98.2 Å². The summed E-state index contributed by atoms with van der Waals surface area (Å²) in [5, 5.41) is 15.3. The number of likely N-dealkylation sites (tertiary alicyclic amines) is 1. The van der Waals surface area contributed by atoms with Crippen molar-refractivity contribution in [2.24, 2.45) is 51.1 Å². The van der Waals surface area contributed by atoms with Crippen LogP contribution in [0.15, 0.2) is 0 Å². The molecule has 0 aromatic carbocycles. The van der Waals surface area contributed by atoms with Crippen LogP contribution in [0.1, 0.15) is 106 Å². The number of aliphatic hydroxyl groups is 1. The number of carbonyl (C=O) groups is 3. The van der Waals surface area contributed by atoms with Crippen LogP contribution in [0, 0.1) is 45.3 Å². The van der Waals surface area contributed by atoms with Gasteiger partial charge in [-0.15, -0.1) is 0 Å². The highest BCUT2D eigenvalue weighted by Gasteiger charge is 2.84. The Kier molecular flexibility index (Phi) is 8.62. The Balaban J connectivity index is 1.10. The molecule has 0 radical (unpaired) electrons. The number of aliphatic hydroxyl groups excluding tert-OH is 1. The first kappa shape index (κ1) is 35.3. The Morgan fingerprint density at radius 1 is 0.980 bits per heavy atom. The monoisotopic (exact) mass is 686 g/mol. The first-order valence-corrected chi connectivity index (χ1v) is 19.4. The van der Waals surface area contributed by atoms with Crippen LogP contribution in [-0.2, 0) is 19.0 Å². The van der Waals surface area contributed by atoms with Crippen molar-refractivity contribution in [3.05, 3.63) is 0 Å². The Hall–Kier alpha value is -2.11. The molecule has 5 saturated carbocycles. The predicted molar refractivity (Wildman–Crippen MR) is 183 cm³/mol. The van der Waals surface area contributed by atoms with Crippen LogP contribution in [-0.4, -0.2) is 102 Å². The number of fused-ring (bicyclic) bond motifs is 2. The van der Waals surface area contributed by atoms with E-state index in [0.717, 1.165) is 70.9 Å². The number of hydrogen-bond acceptors (Lipinski definition) is 8. The standard InChI is InChI=1S/C38H62N4O7/c1-8-24-30(47-23(4)29(22(2)3)49-32(45)41-17-9-18-41)31(44)38(39)26-11-10-25-34(5,6)27(48-33(46)42-19-16-40-28(43)20-42)12-13-36(25)21-37(26,36)15-14-35(24,38)7/h22-27,29-31,44H,8-21,39H2,1-7H3,(H,40,43). The summed E-state index contributed by atoms with van der Waals surface area (Å²) in [5.74, 6) is 0.568. The summed E-state index contributed by atoms with van der Waals surface area (Å²) in [7, 11) is 0. The summed E-state index contributed by atoms with van der Waals surface area (Å²) >= 11 is 0. The zero-order chi connectivity index (χ0) is 35.3. The number of nitrogens with one attached hydrogen (secondary N) is 1. The molecule has 2 heterocycles. The van der Waals surface area contributed by atoms with E-state index in [0.29, 0.717) is 19.0 Å². The second-order valence-electron chi connectivity index (χ2n) is 18.2. The van der Waals surface area contributed by atoms with Gasteiger partial charge in [0.05, 0.1) is 23.9 Å². The molecular weight excluding hydrogens is 624 g/mol. The van der Waals surface area contributed by atoms with Gasteiger partial charge in [0, 0.05) is 31.6 Å². The van der Waals surface area contributed by atoms with Crippen molar-refractivity contribution in [3.63, 3.8) is 0 Å². The molecule has 2 spiro atoms. The van der Waals surface area contributed by atoms with Crippen LogP contribution < -0.4 is 11.1 Å². The van der Waals surface area contributed by atoms with E-state index < -0.39 is 23.9 Å². The fraction of sp³-hybridized carbons (Fsp3) is 0.921. The average molecular weight is 687 g/mol. The number of rotatable bonds is 7. The summed E-state index contributed by atoms with van der Waals surface area (Å²) in [6.07, 6.45) is 5.80. The van der Waals surface area contributed by atoms with Gasteiger partial charge in [0.25, 0.3) is 0 Å². The maximum Gasteiger partial charge on any atom is 0.410 e. The minimum atomic E-state index is -0.827. The lowest BCUT2D eigenvalue weighted by atomic mass is 9.44. The van der Waals surface area contributed by atoms with Gasteiger partial charge in [0.15, 0.2) is 0 Å². The third-order valence-electron chi connectivity index (χ3n) is 15.7. The topological polar surface area (TPSA) is 144 Å². The van der Waals surface area contributed by atoms with Crippen LogP contribution in [0.4, 0.5) is 9.59 Å². The molecule has 12 unspecified atom stereocenters. The number of piperazine rings is 1. The number of amides is 3. The predicted octanol–water partition coefficient (Wildman–Crippen LogP) is 4.69. The zero-order valence-electron chi connectivity index (χ0n) is 31.0. The molecule has 11 heteroatoms. The number of ether oxygens (including phenoxy) is 3. The van der Waals surface area contributed by atoms with Crippen LogP contribution >= 0.6 is 0 Å². The van der Waals surface area contributed by atoms with Crippen molar-refractivity contribution >= 4 is 18.1 Å². The lowest BCUT2D eigenvalue weighted by molar-refractivity contribution is -0.157. The number of nitrogens with zero attached hydrogens (tertiary/aromatic N) is 2.